The van der Waals surface area contributed by atoms with Crippen molar-refractivity contribution in [1.29, 1.82) is 0 Å². The predicted octanol–water partition coefficient (Wildman–Crippen LogP) is 3.43. The van der Waals surface area contributed by atoms with E-state index in [1.807, 2.05) is 27.8 Å². The molecule has 0 bridgehead atoms. The van der Waals surface area contributed by atoms with Crippen LogP contribution in [0, 0.1) is 5.92 Å². The second kappa shape index (κ2) is 5.55. The van der Waals surface area contributed by atoms with E-state index < -0.39 is 5.60 Å². The molecule has 3 nitrogen and oxygen atoms in total. The van der Waals surface area contributed by atoms with Crippen LogP contribution in [0.3, 0.4) is 0 Å². The molecule has 0 aliphatic heterocycles. The van der Waals surface area contributed by atoms with E-state index in [0.29, 0.717) is 5.92 Å². The molecule has 0 aromatic heterocycles. The summed E-state index contributed by atoms with van der Waals surface area (Å²) in [6, 6.07) is 0. The van der Waals surface area contributed by atoms with E-state index in [9.17, 15) is 4.79 Å². The molecule has 1 rings (SSSR count). The van der Waals surface area contributed by atoms with Crippen LogP contribution in [0.1, 0.15) is 52.9 Å². The monoisotopic (exact) mass is 227 g/mol. The van der Waals surface area contributed by atoms with Gasteiger partial charge in [0.2, 0.25) is 0 Å². The first-order valence-corrected chi connectivity index (χ1v) is 6.32. The van der Waals surface area contributed by atoms with E-state index in [1.54, 1.807) is 4.90 Å². The Morgan fingerprint density at radius 3 is 2.31 bits per heavy atom. The lowest BCUT2D eigenvalue weighted by Gasteiger charge is -2.29. The van der Waals surface area contributed by atoms with Crippen molar-refractivity contribution in [2.24, 2.45) is 5.92 Å². The van der Waals surface area contributed by atoms with E-state index in [-0.39, 0.29) is 6.09 Å². The third kappa shape index (κ3) is 4.86. The molecule has 1 saturated carbocycles. The highest BCUT2D eigenvalue weighted by Gasteiger charge is 2.22. The molecule has 0 radical (unpaired) electrons. The van der Waals surface area contributed by atoms with Crippen LogP contribution < -0.4 is 0 Å². The van der Waals surface area contributed by atoms with Crippen LogP contribution in [0.4, 0.5) is 4.79 Å². The summed E-state index contributed by atoms with van der Waals surface area (Å²) < 4.78 is 5.33. The van der Waals surface area contributed by atoms with E-state index in [1.165, 1.54) is 32.1 Å². The number of hydrogen-bond donors (Lipinski definition) is 0. The first kappa shape index (κ1) is 13.3. The maximum absolute atomic E-state index is 11.7. The third-order valence-corrected chi connectivity index (χ3v) is 2.96. The summed E-state index contributed by atoms with van der Waals surface area (Å²) in [5, 5.41) is 0. The summed E-state index contributed by atoms with van der Waals surface area (Å²) >= 11 is 0. The molecule has 1 aliphatic rings. The van der Waals surface area contributed by atoms with Crippen molar-refractivity contribution in [3.63, 3.8) is 0 Å². The lowest BCUT2D eigenvalue weighted by atomic mass is 9.89. The largest absolute Gasteiger partial charge is 0.444 e. The summed E-state index contributed by atoms with van der Waals surface area (Å²) in [5.41, 5.74) is -0.391. The average Bonchev–Trinajstić information content (AvgIpc) is 2.16. The van der Waals surface area contributed by atoms with Gasteiger partial charge in [-0.3, -0.25) is 0 Å². The molecule has 1 fully saturated rings. The fourth-order valence-corrected chi connectivity index (χ4v) is 2.17. The second-order valence-electron chi connectivity index (χ2n) is 5.86. The molecule has 16 heavy (non-hydrogen) atoms. The summed E-state index contributed by atoms with van der Waals surface area (Å²) in [4.78, 5) is 13.5. The average molecular weight is 227 g/mol. The van der Waals surface area contributed by atoms with Crippen molar-refractivity contribution in [2.45, 2.75) is 58.5 Å². The molecule has 0 saturated heterocycles. The highest BCUT2D eigenvalue weighted by atomic mass is 16.6. The van der Waals surface area contributed by atoms with Crippen molar-refractivity contribution in [3.8, 4) is 0 Å². The van der Waals surface area contributed by atoms with Gasteiger partial charge in [-0.05, 0) is 39.5 Å². The van der Waals surface area contributed by atoms with Gasteiger partial charge >= 0.3 is 6.09 Å². The maximum Gasteiger partial charge on any atom is 0.410 e. The van der Waals surface area contributed by atoms with E-state index >= 15 is 0 Å². The van der Waals surface area contributed by atoms with Gasteiger partial charge in [-0.15, -0.1) is 0 Å². The zero-order chi connectivity index (χ0) is 12.2. The standard InChI is InChI=1S/C13H25NO2/c1-13(2,3)16-12(15)14(4)10-11-8-6-5-7-9-11/h11H,5-10H2,1-4H3. The van der Waals surface area contributed by atoms with Gasteiger partial charge in [-0.2, -0.15) is 0 Å². The fraction of sp³-hybridized carbons (Fsp3) is 0.923. The SMILES string of the molecule is CN(CC1CCCCC1)C(=O)OC(C)(C)C. The van der Waals surface area contributed by atoms with Gasteiger partial charge in [0, 0.05) is 13.6 Å². The number of amides is 1. The second-order valence-corrected chi connectivity index (χ2v) is 5.86. The number of carbonyl (C=O) groups excluding carboxylic acids is 1. The highest BCUT2D eigenvalue weighted by molar-refractivity contribution is 5.67. The lowest BCUT2D eigenvalue weighted by Crippen LogP contribution is -2.37. The van der Waals surface area contributed by atoms with E-state index in [2.05, 4.69) is 0 Å². The number of carbonyl (C=O) groups is 1. The number of rotatable bonds is 2. The Kier molecular flexibility index (Phi) is 4.63. The van der Waals surface area contributed by atoms with Gasteiger partial charge in [0.05, 0.1) is 0 Å². The van der Waals surface area contributed by atoms with Crippen LogP contribution >= 0.6 is 0 Å². The predicted molar refractivity (Wildman–Crippen MR) is 65.4 cm³/mol. The molecular weight excluding hydrogens is 202 g/mol. The molecule has 3 heteroatoms. The minimum Gasteiger partial charge on any atom is -0.444 e. The summed E-state index contributed by atoms with van der Waals surface area (Å²) in [5.74, 6) is 0.672. The molecule has 0 aromatic rings. The molecule has 0 heterocycles. The minimum absolute atomic E-state index is 0.196. The van der Waals surface area contributed by atoms with E-state index in [4.69, 9.17) is 4.74 Å². The molecular formula is C13H25NO2. The van der Waals surface area contributed by atoms with Crippen LogP contribution in [0.5, 0.6) is 0 Å². The zero-order valence-corrected chi connectivity index (χ0v) is 11.1. The number of ether oxygens (including phenoxy) is 1. The lowest BCUT2D eigenvalue weighted by molar-refractivity contribution is 0.0262. The van der Waals surface area contributed by atoms with Gasteiger partial charge in [-0.1, -0.05) is 19.3 Å². The molecule has 0 unspecified atom stereocenters. The van der Waals surface area contributed by atoms with Gasteiger partial charge in [0.1, 0.15) is 5.60 Å². The van der Waals surface area contributed by atoms with Gasteiger partial charge in [-0.25, -0.2) is 4.79 Å². The summed E-state index contributed by atoms with van der Waals surface area (Å²) in [6.07, 6.45) is 6.30. The highest BCUT2D eigenvalue weighted by Crippen LogP contribution is 2.24. The quantitative estimate of drug-likeness (QED) is 0.723. The molecule has 0 atom stereocenters. The van der Waals surface area contributed by atoms with Crippen molar-refractivity contribution < 1.29 is 9.53 Å². The van der Waals surface area contributed by atoms with Crippen molar-refractivity contribution in [3.05, 3.63) is 0 Å². The van der Waals surface area contributed by atoms with Crippen LogP contribution in [-0.4, -0.2) is 30.2 Å². The summed E-state index contributed by atoms with van der Waals surface area (Å²) in [6.45, 7) is 6.55. The molecule has 1 amide bonds. The van der Waals surface area contributed by atoms with E-state index in [0.717, 1.165) is 6.54 Å². The Morgan fingerprint density at radius 1 is 1.25 bits per heavy atom. The zero-order valence-electron chi connectivity index (χ0n) is 11.1. The maximum atomic E-state index is 11.7. The fourth-order valence-electron chi connectivity index (χ4n) is 2.17. The minimum atomic E-state index is -0.391. The Morgan fingerprint density at radius 2 is 1.81 bits per heavy atom. The van der Waals surface area contributed by atoms with Crippen molar-refractivity contribution in [2.75, 3.05) is 13.6 Å². The van der Waals surface area contributed by atoms with Crippen LogP contribution in [-0.2, 0) is 4.74 Å². The molecule has 94 valence electrons. The number of nitrogens with zero attached hydrogens (tertiary/aromatic N) is 1. The van der Waals surface area contributed by atoms with Crippen molar-refractivity contribution in [1.82, 2.24) is 4.90 Å². The van der Waals surface area contributed by atoms with Crippen LogP contribution in [0.15, 0.2) is 0 Å². The van der Waals surface area contributed by atoms with Crippen LogP contribution in [0.2, 0.25) is 0 Å². The topological polar surface area (TPSA) is 29.5 Å². The van der Waals surface area contributed by atoms with Crippen molar-refractivity contribution >= 4 is 6.09 Å². The first-order valence-electron chi connectivity index (χ1n) is 6.32. The normalized spacial score (nSPS) is 18.2. The Labute approximate surface area is 99.1 Å². The Balaban J connectivity index is 2.33. The Hall–Kier alpha value is -0.730. The smallest absolute Gasteiger partial charge is 0.410 e. The Bertz CT molecular complexity index is 227. The number of hydrogen-bond acceptors (Lipinski definition) is 2. The molecule has 0 aromatic carbocycles. The molecule has 0 N–H and O–H groups in total. The molecule has 1 aliphatic carbocycles. The van der Waals surface area contributed by atoms with Gasteiger partial charge in [0.15, 0.2) is 0 Å². The summed E-state index contributed by atoms with van der Waals surface area (Å²) in [7, 11) is 1.84. The first-order chi connectivity index (χ1) is 7.38. The van der Waals surface area contributed by atoms with Gasteiger partial charge < -0.3 is 9.64 Å². The molecule has 0 spiro atoms. The van der Waals surface area contributed by atoms with Crippen LogP contribution in [0.25, 0.3) is 0 Å². The van der Waals surface area contributed by atoms with Gasteiger partial charge in [0.25, 0.3) is 0 Å². The third-order valence-electron chi connectivity index (χ3n) is 2.96.